The molecule has 116 valence electrons. The van der Waals surface area contributed by atoms with E-state index in [2.05, 4.69) is 42.3 Å². The third kappa shape index (κ3) is 6.11. The van der Waals surface area contributed by atoms with E-state index in [-0.39, 0.29) is 0 Å². The Labute approximate surface area is 126 Å². The Kier molecular flexibility index (Phi) is 9.44. The first-order chi connectivity index (χ1) is 9.83. The van der Waals surface area contributed by atoms with Crippen LogP contribution in [0.1, 0.15) is 84.4 Å². The Hall–Kier alpha value is -0.790. The van der Waals surface area contributed by atoms with Gasteiger partial charge >= 0.3 is 0 Å². The predicted molar refractivity (Wildman–Crippen MR) is 86.9 cm³/mol. The second-order valence-electron chi connectivity index (χ2n) is 5.97. The highest BCUT2D eigenvalue weighted by Crippen LogP contribution is 2.07. The quantitative estimate of drug-likeness (QED) is 0.380. The van der Waals surface area contributed by atoms with Crippen LogP contribution in [-0.4, -0.2) is 4.57 Å². The van der Waals surface area contributed by atoms with Crippen molar-refractivity contribution in [3.8, 4) is 0 Å². The molecule has 0 saturated heterocycles. The van der Waals surface area contributed by atoms with Crippen molar-refractivity contribution >= 4 is 0 Å². The maximum atomic E-state index is 2.51. The molecular weight excluding hydrogens is 244 g/mol. The van der Waals surface area contributed by atoms with Crippen molar-refractivity contribution in [2.75, 3.05) is 0 Å². The molecule has 0 radical (unpaired) electrons. The monoisotopic (exact) mass is 279 g/mol. The van der Waals surface area contributed by atoms with Crippen LogP contribution in [0.15, 0.2) is 12.4 Å². The molecule has 0 unspecified atom stereocenters. The van der Waals surface area contributed by atoms with E-state index in [0.717, 1.165) is 0 Å². The lowest BCUT2D eigenvalue weighted by Crippen LogP contribution is -2.37. The number of aryl methyl sites for hydroxylation is 2. The Balaban J connectivity index is 2.60. The Morgan fingerprint density at radius 1 is 0.850 bits per heavy atom. The smallest absolute Gasteiger partial charge is 0.234 e. The predicted octanol–water partition coefficient (Wildman–Crippen LogP) is 4.89. The molecule has 1 aromatic heterocycles. The summed E-state index contributed by atoms with van der Waals surface area (Å²) in [7, 11) is 0. The highest BCUT2D eigenvalue weighted by molar-refractivity contribution is 4.84. The summed E-state index contributed by atoms with van der Waals surface area (Å²) in [4.78, 5) is 0. The summed E-state index contributed by atoms with van der Waals surface area (Å²) >= 11 is 0. The number of aromatic nitrogens is 2. The summed E-state index contributed by atoms with van der Waals surface area (Å²) in [6, 6.07) is 0. The van der Waals surface area contributed by atoms with Crippen LogP contribution in [0.2, 0.25) is 0 Å². The maximum Gasteiger partial charge on any atom is 0.256 e. The normalized spacial score (nSPS) is 11.2. The van der Waals surface area contributed by atoms with Crippen LogP contribution < -0.4 is 4.57 Å². The van der Waals surface area contributed by atoms with Gasteiger partial charge in [0.05, 0.1) is 13.1 Å². The van der Waals surface area contributed by atoms with Gasteiger partial charge in [-0.3, -0.25) is 0 Å². The van der Waals surface area contributed by atoms with Crippen LogP contribution >= 0.6 is 0 Å². The molecule has 0 saturated carbocycles. The topological polar surface area (TPSA) is 8.81 Å². The Morgan fingerprint density at radius 2 is 1.50 bits per heavy atom. The van der Waals surface area contributed by atoms with Crippen molar-refractivity contribution in [2.45, 2.75) is 98.1 Å². The molecule has 1 rings (SSSR count). The molecule has 0 fully saturated rings. The van der Waals surface area contributed by atoms with Gasteiger partial charge in [0.25, 0.3) is 5.82 Å². The Morgan fingerprint density at radius 3 is 2.20 bits per heavy atom. The fourth-order valence-electron chi connectivity index (χ4n) is 2.79. The molecular formula is C18H35N2+. The van der Waals surface area contributed by atoms with E-state index in [4.69, 9.17) is 0 Å². The molecule has 1 heterocycles. The van der Waals surface area contributed by atoms with E-state index in [1.807, 2.05) is 0 Å². The van der Waals surface area contributed by atoms with Gasteiger partial charge in [0, 0.05) is 6.42 Å². The molecule has 0 aliphatic rings. The zero-order valence-electron chi connectivity index (χ0n) is 14.0. The first kappa shape index (κ1) is 17.3. The zero-order valence-corrected chi connectivity index (χ0v) is 14.0. The van der Waals surface area contributed by atoms with Crippen molar-refractivity contribution in [1.29, 1.82) is 0 Å². The second-order valence-corrected chi connectivity index (χ2v) is 5.97. The fourth-order valence-corrected chi connectivity index (χ4v) is 2.79. The Bertz CT molecular complexity index is 314. The van der Waals surface area contributed by atoms with Gasteiger partial charge in [0.1, 0.15) is 12.4 Å². The van der Waals surface area contributed by atoms with Crippen molar-refractivity contribution in [2.24, 2.45) is 0 Å². The summed E-state index contributed by atoms with van der Waals surface area (Å²) in [5, 5.41) is 0. The average Bonchev–Trinajstić information content (AvgIpc) is 2.83. The van der Waals surface area contributed by atoms with E-state index >= 15 is 0 Å². The van der Waals surface area contributed by atoms with Crippen molar-refractivity contribution in [3.05, 3.63) is 18.2 Å². The van der Waals surface area contributed by atoms with Gasteiger partial charge in [-0.25, -0.2) is 9.13 Å². The fraction of sp³-hybridized carbons (Fsp3) is 0.833. The van der Waals surface area contributed by atoms with Crippen LogP contribution in [0, 0.1) is 0 Å². The first-order valence-corrected chi connectivity index (χ1v) is 8.90. The highest BCUT2D eigenvalue weighted by Gasteiger charge is 2.15. The summed E-state index contributed by atoms with van der Waals surface area (Å²) in [5.41, 5.74) is 0. The summed E-state index contributed by atoms with van der Waals surface area (Å²) in [6.45, 7) is 9.26. The lowest BCUT2D eigenvalue weighted by Gasteiger charge is -2.05. The van der Waals surface area contributed by atoms with E-state index in [9.17, 15) is 0 Å². The van der Waals surface area contributed by atoms with Crippen LogP contribution in [0.25, 0.3) is 0 Å². The van der Waals surface area contributed by atoms with Gasteiger partial charge in [-0.2, -0.15) is 0 Å². The number of hydrogen-bond acceptors (Lipinski definition) is 0. The molecule has 0 amide bonds. The van der Waals surface area contributed by atoms with Crippen LogP contribution in [0.5, 0.6) is 0 Å². The van der Waals surface area contributed by atoms with Gasteiger partial charge in [0.2, 0.25) is 0 Å². The highest BCUT2D eigenvalue weighted by atomic mass is 15.1. The van der Waals surface area contributed by atoms with Crippen LogP contribution in [0.3, 0.4) is 0 Å². The lowest BCUT2D eigenvalue weighted by atomic mass is 10.2. The largest absolute Gasteiger partial charge is 0.256 e. The number of unbranched alkanes of at least 4 members (excludes halogenated alkanes) is 6. The van der Waals surface area contributed by atoms with Gasteiger partial charge in [-0.15, -0.1) is 0 Å². The van der Waals surface area contributed by atoms with E-state index in [0.29, 0.717) is 0 Å². The molecule has 20 heavy (non-hydrogen) atoms. The van der Waals surface area contributed by atoms with Gasteiger partial charge in [-0.1, -0.05) is 46.5 Å². The number of imidazole rings is 1. The van der Waals surface area contributed by atoms with E-state index < -0.39 is 0 Å². The van der Waals surface area contributed by atoms with Crippen molar-refractivity contribution < 1.29 is 4.57 Å². The molecule has 2 nitrogen and oxygen atoms in total. The minimum Gasteiger partial charge on any atom is -0.234 e. The minimum atomic E-state index is 1.20. The molecule has 0 aromatic carbocycles. The third-order valence-corrected chi connectivity index (χ3v) is 4.10. The van der Waals surface area contributed by atoms with Gasteiger partial charge in [-0.05, 0) is 32.1 Å². The first-order valence-electron chi connectivity index (χ1n) is 8.90. The van der Waals surface area contributed by atoms with E-state index in [1.165, 1.54) is 77.3 Å². The average molecular weight is 279 g/mol. The number of nitrogens with zero attached hydrogens (tertiary/aromatic N) is 2. The van der Waals surface area contributed by atoms with Crippen molar-refractivity contribution in [3.63, 3.8) is 0 Å². The molecule has 2 heteroatoms. The SMILES string of the molecule is CCCCCc1n(CCCCC)cc[n+]1CCCCC. The molecule has 0 aliphatic heterocycles. The molecule has 1 aromatic rings. The summed E-state index contributed by atoms with van der Waals surface area (Å²) in [6.07, 6.45) is 17.8. The lowest BCUT2D eigenvalue weighted by molar-refractivity contribution is -0.704. The molecule has 0 bridgehead atoms. The summed E-state index contributed by atoms with van der Waals surface area (Å²) < 4.78 is 5.02. The number of rotatable bonds is 12. The molecule has 0 spiro atoms. The molecule has 0 N–H and O–H groups in total. The summed E-state index contributed by atoms with van der Waals surface area (Å²) in [5.74, 6) is 1.56. The zero-order chi connectivity index (χ0) is 14.6. The van der Waals surface area contributed by atoms with Gasteiger partial charge < -0.3 is 0 Å². The van der Waals surface area contributed by atoms with E-state index in [1.54, 1.807) is 5.82 Å². The standard InChI is InChI=1S/C18H35N2/c1-4-7-10-13-18-19(14-11-8-5-2)16-17-20(18)15-12-9-6-3/h16-17H,4-15H2,1-3H3/q+1. The van der Waals surface area contributed by atoms with Crippen LogP contribution in [-0.2, 0) is 19.5 Å². The third-order valence-electron chi connectivity index (χ3n) is 4.10. The minimum absolute atomic E-state index is 1.20. The second kappa shape index (κ2) is 10.9. The van der Waals surface area contributed by atoms with Crippen molar-refractivity contribution in [1.82, 2.24) is 4.57 Å². The maximum absolute atomic E-state index is 2.51. The van der Waals surface area contributed by atoms with Gasteiger partial charge in [0.15, 0.2) is 0 Å². The number of hydrogen-bond donors (Lipinski definition) is 0. The molecule has 0 atom stereocenters. The van der Waals surface area contributed by atoms with Crippen LogP contribution in [0.4, 0.5) is 0 Å². The molecule has 0 aliphatic carbocycles.